The van der Waals surface area contributed by atoms with Crippen LogP contribution in [0.4, 0.5) is 0 Å². The summed E-state index contributed by atoms with van der Waals surface area (Å²) in [4.78, 5) is 0. The fraction of sp³-hybridized carbons (Fsp3) is 0.0952. The van der Waals surface area contributed by atoms with E-state index >= 15 is 0 Å². The van der Waals surface area contributed by atoms with Crippen LogP contribution in [0.1, 0.15) is 99.9 Å². The van der Waals surface area contributed by atoms with Crippen molar-refractivity contribution in [2.75, 3.05) is 0 Å². The number of thiophene rings is 1. The summed E-state index contributed by atoms with van der Waals surface area (Å²) in [6.07, 6.45) is 0. The summed E-state index contributed by atoms with van der Waals surface area (Å²) in [7, 11) is 0. The number of hydrogen-bond acceptors (Lipinski definition) is 1. The highest BCUT2D eigenvalue weighted by Crippen LogP contribution is 2.59. The average molecular weight is 1680 g/mol. The summed E-state index contributed by atoms with van der Waals surface area (Å²) in [5.74, 6) is 0. The van der Waals surface area contributed by atoms with Crippen LogP contribution in [0.2, 0.25) is 0 Å². The van der Waals surface area contributed by atoms with E-state index in [9.17, 15) is 0 Å². The van der Waals surface area contributed by atoms with E-state index in [4.69, 9.17) is 0 Å². The molecule has 0 fully saturated rings. The van der Waals surface area contributed by atoms with Gasteiger partial charge < -0.3 is 13.7 Å². The molecule has 0 amide bonds. The standard InChI is InChI=1S/C49H35N.C40H31N.C37H25NS/c1-49(2)44-20-12-11-19-41(44)42-26-27-43-46-40-18-10-9-17-35(40)23-28-45(46)50(48(43)47(42)49)39-24-21-34(22-25-39)38-30-36(32-13-5-3-6-14-32)29-37(31-38)33-15-7-4-8-16-33;1-39(2)32-15-9-7-13-27(32)29-19-18-25(23-34(29)39)41-35-22-17-24-11-5-6-12-26(24)36(35)31-21-20-30-28-14-8-10-16-33(28)40(3,4)37(30)38(31)41;1-37(2)30-13-7-5-11-25(30)28-18-19-29-34-24-10-4-3-9-22(24)15-20-31(34)38(36(29)35(28)37)23-16-17-27-26-12-6-8-14-32(26)39-33(27)21-23/h3-31H,1-2H3;5-23H,1-4H3;3-21H,1-2H3. The van der Waals surface area contributed by atoms with E-state index in [0.29, 0.717) is 0 Å². The van der Waals surface area contributed by atoms with E-state index in [1.54, 1.807) is 0 Å². The molecule has 0 N–H and O–H groups in total. The molecular formula is C126H91N3S. The minimum atomic E-state index is -0.140. The van der Waals surface area contributed by atoms with Crippen molar-refractivity contribution in [3.63, 3.8) is 0 Å². The summed E-state index contributed by atoms with van der Waals surface area (Å²) in [6, 6.07) is 151. The number of benzene rings is 20. The lowest BCUT2D eigenvalue weighted by Crippen LogP contribution is -2.17. The van der Waals surface area contributed by atoms with Crippen molar-refractivity contribution < 1.29 is 0 Å². The zero-order chi connectivity index (χ0) is 87.0. The van der Waals surface area contributed by atoms with Gasteiger partial charge in [0.1, 0.15) is 0 Å². The molecule has 20 aromatic carbocycles. The van der Waals surface area contributed by atoms with Gasteiger partial charge in [-0.1, -0.05) is 383 Å². The molecule has 0 bridgehead atoms. The maximum atomic E-state index is 2.57. The van der Waals surface area contributed by atoms with E-state index in [1.807, 2.05) is 11.3 Å². The summed E-state index contributed by atoms with van der Waals surface area (Å²) < 4.78 is 10.3. The lowest BCUT2D eigenvalue weighted by atomic mass is 9.81. The van der Waals surface area contributed by atoms with Crippen molar-refractivity contribution in [3.8, 4) is 95.0 Å². The van der Waals surface area contributed by atoms with E-state index in [-0.39, 0.29) is 21.7 Å². The molecule has 4 aliphatic rings. The first-order valence-electron chi connectivity index (χ1n) is 45.9. The highest BCUT2D eigenvalue weighted by Gasteiger charge is 2.43. The van der Waals surface area contributed by atoms with Gasteiger partial charge in [0.15, 0.2) is 0 Å². The molecular weight excluding hydrogens is 1590 g/mol. The van der Waals surface area contributed by atoms with E-state index in [1.165, 1.54) is 257 Å². The van der Waals surface area contributed by atoms with Crippen molar-refractivity contribution in [3.05, 3.63) is 451 Å². The second-order valence-corrected chi connectivity index (χ2v) is 39.6. The van der Waals surface area contributed by atoms with E-state index < -0.39 is 0 Å². The highest BCUT2D eigenvalue weighted by atomic mass is 32.1. The van der Waals surface area contributed by atoms with Gasteiger partial charge in [0.25, 0.3) is 0 Å². The SMILES string of the molecule is CC1(C)c2ccccc2-c2ccc(-n3c4ccc5ccccc5c4c4ccc5c(c43)C(C)(C)c3ccccc3-5)cc21.CC1(C)c2ccccc2-c2ccc3c4c5ccccc5ccc4n(-c4ccc(-c5cc(-c6ccccc6)cc(-c6ccccc6)c5)cc4)c3c21.CC1(C)c2ccccc2-c2ccc3c4c5ccccc5ccc4n(-c4ccc5c(c4)sc4ccccc45)c3c21. The van der Waals surface area contributed by atoms with Crippen molar-refractivity contribution in [1.29, 1.82) is 0 Å². The lowest BCUT2D eigenvalue weighted by Gasteiger charge is -2.25. The normalized spacial score (nSPS) is 14.2. The average Bonchev–Trinajstić information content (AvgIpc) is 1.54. The number of aromatic nitrogens is 3. The minimum Gasteiger partial charge on any atom is -0.309 e. The first kappa shape index (κ1) is 76.1. The molecule has 4 aliphatic carbocycles. The number of rotatable bonds is 6. The Morgan fingerprint density at radius 3 is 0.915 bits per heavy atom. The van der Waals surface area contributed by atoms with Gasteiger partial charge in [-0.05, 0) is 234 Å². The quantitative estimate of drug-likeness (QED) is 0.158. The second kappa shape index (κ2) is 28.1. The molecule has 24 aromatic rings. The van der Waals surface area contributed by atoms with Crippen molar-refractivity contribution in [2.24, 2.45) is 0 Å². The minimum absolute atomic E-state index is 0.0507. The van der Waals surface area contributed by atoms with Gasteiger partial charge in [-0.25, -0.2) is 0 Å². The van der Waals surface area contributed by atoms with Crippen LogP contribution < -0.4 is 0 Å². The predicted octanol–water partition coefficient (Wildman–Crippen LogP) is 34.4. The van der Waals surface area contributed by atoms with Crippen molar-refractivity contribution in [2.45, 2.75) is 77.0 Å². The molecule has 4 aromatic heterocycles. The van der Waals surface area contributed by atoms with Crippen LogP contribution in [-0.4, -0.2) is 13.7 Å². The fourth-order valence-electron chi connectivity index (χ4n) is 24.1. The Kier molecular flexibility index (Phi) is 16.5. The van der Waals surface area contributed by atoms with Crippen LogP contribution in [0.15, 0.2) is 406 Å². The summed E-state index contributed by atoms with van der Waals surface area (Å²) in [6.45, 7) is 19.1. The maximum Gasteiger partial charge on any atom is 0.0588 e. The monoisotopic (exact) mass is 1680 g/mol. The van der Waals surface area contributed by atoms with Gasteiger partial charge in [-0.2, -0.15) is 0 Å². The Labute approximate surface area is 760 Å². The number of fused-ring (bicyclic) bond motifs is 33. The molecule has 0 spiro atoms. The molecule has 0 aliphatic heterocycles. The molecule has 0 saturated carbocycles. The van der Waals surface area contributed by atoms with E-state index in [0.717, 1.165) is 0 Å². The first-order chi connectivity index (χ1) is 63.5. The zero-order valence-electron chi connectivity index (χ0n) is 73.9. The molecule has 0 atom stereocenters. The van der Waals surface area contributed by atoms with Crippen LogP contribution in [0.5, 0.6) is 0 Å². The number of hydrogen-bond donors (Lipinski definition) is 0. The zero-order valence-corrected chi connectivity index (χ0v) is 74.7. The van der Waals surface area contributed by atoms with Crippen LogP contribution in [0, 0.1) is 0 Å². The van der Waals surface area contributed by atoms with Gasteiger partial charge >= 0.3 is 0 Å². The van der Waals surface area contributed by atoms with Gasteiger partial charge in [-0.3, -0.25) is 0 Å². The predicted molar refractivity (Wildman–Crippen MR) is 554 cm³/mol. The highest BCUT2D eigenvalue weighted by molar-refractivity contribution is 7.25. The third-order valence-electron chi connectivity index (χ3n) is 30.1. The molecule has 616 valence electrons. The Balaban J connectivity index is 0.000000104. The van der Waals surface area contributed by atoms with Crippen LogP contribution in [-0.2, 0) is 21.7 Å². The molecule has 0 radical (unpaired) electrons. The third-order valence-corrected chi connectivity index (χ3v) is 31.2. The summed E-state index contributed by atoms with van der Waals surface area (Å²) in [5.41, 5.74) is 40.4. The maximum absolute atomic E-state index is 2.57. The Hall–Kier alpha value is -15.2. The molecule has 0 saturated heterocycles. The molecule has 4 heteroatoms. The van der Waals surface area contributed by atoms with Crippen LogP contribution in [0.3, 0.4) is 0 Å². The van der Waals surface area contributed by atoms with E-state index in [2.05, 4.69) is 476 Å². The Morgan fingerprint density at radius 2 is 0.485 bits per heavy atom. The second-order valence-electron chi connectivity index (χ2n) is 38.5. The summed E-state index contributed by atoms with van der Waals surface area (Å²) in [5, 5.41) is 18.4. The van der Waals surface area contributed by atoms with Crippen molar-refractivity contribution in [1.82, 2.24) is 13.7 Å². The van der Waals surface area contributed by atoms with Gasteiger partial charge in [0.2, 0.25) is 0 Å². The van der Waals surface area contributed by atoms with Crippen molar-refractivity contribution >= 4 is 129 Å². The first-order valence-corrected chi connectivity index (χ1v) is 46.7. The van der Waals surface area contributed by atoms with Gasteiger partial charge in [-0.15, -0.1) is 11.3 Å². The molecule has 130 heavy (non-hydrogen) atoms. The topological polar surface area (TPSA) is 14.8 Å². The Morgan fingerprint density at radius 1 is 0.185 bits per heavy atom. The van der Waals surface area contributed by atoms with Crippen LogP contribution >= 0.6 is 11.3 Å². The molecule has 0 unspecified atom stereocenters. The smallest absolute Gasteiger partial charge is 0.0588 e. The number of nitrogens with zero attached hydrogens (tertiary/aromatic N) is 3. The Bertz CT molecular complexity index is 8900. The largest absolute Gasteiger partial charge is 0.309 e. The molecule has 3 nitrogen and oxygen atoms in total. The summed E-state index contributed by atoms with van der Waals surface area (Å²) >= 11 is 1.89. The van der Waals surface area contributed by atoms with Crippen LogP contribution in [0.25, 0.3) is 213 Å². The fourth-order valence-corrected chi connectivity index (χ4v) is 25.2. The van der Waals surface area contributed by atoms with Gasteiger partial charge in [0.05, 0.1) is 33.1 Å². The third kappa shape index (κ3) is 11.0. The lowest BCUT2D eigenvalue weighted by molar-refractivity contribution is 0.659. The molecule has 4 heterocycles. The van der Waals surface area contributed by atoms with Gasteiger partial charge in [0, 0.05) is 91.2 Å². The molecule has 28 rings (SSSR count).